The van der Waals surface area contributed by atoms with E-state index in [4.69, 9.17) is 4.74 Å². The summed E-state index contributed by atoms with van der Waals surface area (Å²) in [5.41, 5.74) is 1.74. The molecule has 0 unspecified atom stereocenters. The Morgan fingerprint density at radius 3 is 2.62 bits per heavy atom. The van der Waals surface area contributed by atoms with Gasteiger partial charge >= 0.3 is 5.97 Å². The molecule has 0 aromatic heterocycles. The molecule has 0 radical (unpaired) electrons. The normalized spacial score (nSPS) is 10.2. The second-order valence-electron chi connectivity index (χ2n) is 5.10. The Hall–Kier alpha value is -1.79. The van der Waals surface area contributed by atoms with Crippen molar-refractivity contribution in [1.29, 1.82) is 0 Å². The predicted molar refractivity (Wildman–Crippen MR) is 100 cm³/mol. The summed E-state index contributed by atoms with van der Waals surface area (Å²) in [6.45, 7) is 1.68. The molecule has 0 aliphatic heterocycles. The molecule has 0 fully saturated rings. The minimum atomic E-state index is -0.378. The molecule has 1 amide bonds. The van der Waals surface area contributed by atoms with Crippen LogP contribution in [-0.2, 0) is 14.3 Å². The molecular weight excluding hydrogens is 390 g/mol. The van der Waals surface area contributed by atoms with Crippen molar-refractivity contribution in [1.82, 2.24) is 0 Å². The first kappa shape index (κ1) is 18.5. The maximum Gasteiger partial charge on any atom is 0.307 e. The van der Waals surface area contributed by atoms with Crippen LogP contribution in [0, 0.1) is 6.92 Å². The summed E-state index contributed by atoms with van der Waals surface area (Å²) >= 11 is 4.97. The number of amides is 1. The van der Waals surface area contributed by atoms with E-state index in [1.54, 1.807) is 17.8 Å². The number of anilines is 1. The number of thioether (sulfide) groups is 1. The molecule has 4 nitrogen and oxygen atoms in total. The molecular formula is C18H18BrNO3S. The maximum atomic E-state index is 11.8. The number of rotatable bonds is 7. The fourth-order valence-electron chi connectivity index (χ4n) is 1.89. The van der Waals surface area contributed by atoms with Gasteiger partial charge in [-0.1, -0.05) is 24.3 Å². The molecule has 2 aromatic rings. The number of halogens is 1. The summed E-state index contributed by atoms with van der Waals surface area (Å²) in [5.74, 6) is -0.117. The van der Waals surface area contributed by atoms with Crippen LogP contribution in [0.4, 0.5) is 5.69 Å². The first-order chi connectivity index (χ1) is 11.5. The third kappa shape index (κ3) is 6.37. The molecule has 6 heteroatoms. The van der Waals surface area contributed by atoms with E-state index in [0.717, 1.165) is 14.9 Å². The van der Waals surface area contributed by atoms with Gasteiger partial charge in [-0.25, -0.2) is 0 Å². The van der Waals surface area contributed by atoms with E-state index < -0.39 is 0 Å². The van der Waals surface area contributed by atoms with Crippen LogP contribution in [0.25, 0.3) is 0 Å². The van der Waals surface area contributed by atoms with Gasteiger partial charge in [-0.3, -0.25) is 9.59 Å². The van der Waals surface area contributed by atoms with Gasteiger partial charge in [-0.15, -0.1) is 11.8 Å². The topological polar surface area (TPSA) is 55.4 Å². The first-order valence-electron chi connectivity index (χ1n) is 7.44. The van der Waals surface area contributed by atoms with Crippen molar-refractivity contribution in [2.75, 3.05) is 17.7 Å². The zero-order valence-corrected chi connectivity index (χ0v) is 15.7. The van der Waals surface area contributed by atoms with Gasteiger partial charge in [0.1, 0.15) is 0 Å². The lowest BCUT2D eigenvalue weighted by Crippen LogP contribution is -2.21. The number of ether oxygens (including phenoxy) is 1. The predicted octanol–water partition coefficient (Wildman–Crippen LogP) is 4.42. The molecule has 126 valence electrons. The molecule has 0 saturated heterocycles. The number of carbonyl (C=O) groups is 2. The summed E-state index contributed by atoms with van der Waals surface area (Å²) < 4.78 is 5.79. The molecule has 1 N–H and O–H groups in total. The number of esters is 1. The van der Waals surface area contributed by atoms with Crippen LogP contribution in [0.2, 0.25) is 0 Å². The van der Waals surface area contributed by atoms with Crippen LogP contribution in [0.5, 0.6) is 0 Å². The molecule has 0 bridgehead atoms. The third-order valence-corrected chi connectivity index (χ3v) is 4.75. The maximum absolute atomic E-state index is 11.8. The number of benzene rings is 2. The Bertz CT molecular complexity index is 707. The molecule has 0 saturated carbocycles. The Balaban J connectivity index is 1.68. The highest BCUT2D eigenvalue weighted by Crippen LogP contribution is 2.23. The fourth-order valence-corrected chi connectivity index (χ4v) is 3.34. The zero-order valence-electron chi connectivity index (χ0n) is 13.3. The van der Waals surface area contributed by atoms with Crippen LogP contribution in [0.15, 0.2) is 57.9 Å². The Kier molecular flexibility index (Phi) is 7.34. The second-order valence-corrected chi connectivity index (χ2v) is 7.13. The lowest BCUT2D eigenvalue weighted by molar-refractivity contribution is -0.146. The van der Waals surface area contributed by atoms with E-state index in [2.05, 4.69) is 21.2 Å². The van der Waals surface area contributed by atoms with Crippen LogP contribution in [0.3, 0.4) is 0 Å². The van der Waals surface area contributed by atoms with Crippen molar-refractivity contribution in [3.05, 3.63) is 58.6 Å². The Morgan fingerprint density at radius 1 is 1.17 bits per heavy atom. The van der Waals surface area contributed by atoms with E-state index >= 15 is 0 Å². The van der Waals surface area contributed by atoms with E-state index in [1.165, 1.54) is 0 Å². The van der Waals surface area contributed by atoms with Gasteiger partial charge in [0.25, 0.3) is 5.91 Å². The number of aryl methyl sites for hydroxylation is 1. The summed E-state index contributed by atoms with van der Waals surface area (Å²) in [4.78, 5) is 24.6. The van der Waals surface area contributed by atoms with E-state index in [0.29, 0.717) is 11.4 Å². The van der Waals surface area contributed by atoms with Crippen molar-refractivity contribution in [2.45, 2.75) is 18.2 Å². The van der Waals surface area contributed by atoms with Crippen LogP contribution < -0.4 is 5.32 Å². The van der Waals surface area contributed by atoms with Crippen molar-refractivity contribution >= 4 is 45.3 Å². The highest BCUT2D eigenvalue weighted by molar-refractivity contribution is 9.10. The molecule has 0 aliphatic carbocycles. The molecule has 0 aliphatic rings. The van der Waals surface area contributed by atoms with E-state index in [9.17, 15) is 9.59 Å². The molecule has 2 aromatic carbocycles. The average Bonchev–Trinajstić information content (AvgIpc) is 2.56. The second kappa shape index (κ2) is 9.49. The standard InChI is InChI=1S/C18H18BrNO3S/c1-13-7-8-16(15(19)11-13)20-17(21)12-23-18(22)9-10-24-14-5-3-2-4-6-14/h2-8,11H,9-10,12H2,1H3,(H,20,21). The third-order valence-electron chi connectivity index (χ3n) is 3.08. The van der Waals surface area contributed by atoms with Crippen molar-refractivity contribution in [3.63, 3.8) is 0 Å². The number of nitrogens with one attached hydrogen (secondary N) is 1. The quantitative estimate of drug-likeness (QED) is 0.544. The number of hydrogen-bond acceptors (Lipinski definition) is 4. The summed E-state index contributed by atoms with van der Waals surface area (Å²) in [5, 5.41) is 2.71. The smallest absolute Gasteiger partial charge is 0.307 e. The van der Waals surface area contributed by atoms with Gasteiger partial charge in [0.2, 0.25) is 0 Å². The minimum absolute atomic E-state index is 0.265. The molecule has 0 heterocycles. The molecule has 0 spiro atoms. The SMILES string of the molecule is Cc1ccc(NC(=O)COC(=O)CCSc2ccccc2)c(Br)c1. The highest BCUT2D eigenvalue weighted by Gasteiger charge is 2.09. The first-order valence-corrected chi connectivity index (χ1v) is 9.22. The van der Waals surface area contributed by atoms with Crippen LogP contribution >= 0.6 is 27.7 Å². The largest absolute Gasteiger partial charge is 0.456 e. The highest BCUT2D eigenvalue weighted by atomic mass is 79.9. The summed E-state index contributed by atoms with van der Waals surface area (Å²) in [6, 6.07) is 15.4. The summed E-state index contributed by atoms with van der Waals surface area (Å²) in [6.07, 6.45) is 0.265. The van der Waals surface area contributed by atoms with Gasteiger partial charge in [-0.05, 0) is 52.7 Å². The lowest BCUT2D eigenvalue weighted by atomic mass is 10.2. The fraction of sp³-hybridized carbons (Fsp3) is 0.222. The number of carbonyl (C=O) groups excluding carboxylic acids is 2. The Morgan fingerprint density at radius 2 is 1.92 bits per heavy atom. The van der Waals surface area contributed by atoms with Crippen molar-refractivity contribution < 1.29 is 14.3 Å². The van der Waals surface area contributed by atoms with Crippen LogP contribution in [0.1, 0.15) is 12.0 Å². The molecule has 24 heavy (non-hydrogen) atoms. The summed E-state index contributed by atoms with van der Waals surface area (Å²) in [7, 11) is 0. The van der Waals surface area contributed by atoms with Gasteiger partial charge in [0, 0.05) is 15.1 Å². The van der Waals surface area contributed by atoms with Crippen molar-refractivity contribution in [3.8, 4) is 0 Å². The zero-order chi connectivity index (χ0) is 17.4. The van der Waals surface area contributed by atoms with Gasteiger partial charge < -0.3 is 10.1 Å². The van der Waals surface area contributed by atoms with Gasteiger partial charge in [0.15, 0.2) is 6.61 Å². The molecule has 0 atom stereocenters. The van der Waals surface area contributed by atoms with Gasteiger partial charge in [-0.2, -0.15) is 0 Å². The number of hydrogen-bond donors (Lipinski definition) is 1. The minimum Gasteiger partial charge on any atom is -0.456 e. The monoisotopic (exact) mass is 407 g/mol. The van der Waals surface area contributed by atoms with E-state index in [1.807, 2.05) is 49.4 Å². The lowest BCUT2D eigenvalue weighted by Gasteiger charge is -2.09. The van der Waals surface area contributed by atoms with Gasteiger partial charge in [0.05, 0.1) is 12.1 Å². The average molecular weight is 408 g/mol. The Labute approximate surface area is 154 Å². The van der Waals surface area contributed by atoms with Crippen LogP contribution in [-0.4, -0.2) is 24.2 Å². The van der Waals surface area contributed by atoms with Crippen molar-refractivity contribution in [2.24, 2.45) is 0 Å². The van der Waals surface area contributed by atoms with E-state index in [-0.39, 0.29) is 24.9 Å². The molecule has 2 rings (SSSR count).